The second-order valence-corrected chi connectivity index (χ2v) is 7.40. The summed E-state index contributed by atoms with van der Waals surface area (Å²) < 4.78 is 5.30. The fourth-order valence-electron chi connectivity index (χ4n) is 2.87. The Morgan fingerprint density at radius 2 is 2.38 bits per heavy atom. The van der Waals surface area contributed by atoms with Gasteiger partial charge in [-0.05, 0) is 37.8 Å². The van der Waals surface area contributed by atoms with Crippen LogP contribution in [0.1, 0.15) is 37.4 Å². The Bertz CT molecular complexity index is 406. The highest BCUT2D eigenvalue weighted by Gasteiger charge is 2.20. The van der Waals surface area contributed by atoms with Gasteiger partial charge in [0.2, 0.25) is 0 Å². The van der Waals surface area contributed by atoms with Crippen molar-refractivity contribution in [2.75, 3.05) is 33.4 Å². The first-order chi connectivity index (χ1) is 10.2. The molecule has 1 aliphatic heterocycles. The maximum absolute atomic E-state index is 5.30. The van der Waals surface area contributed by atoms with Gasteiger partial charge >= 0.3 is 0 Å². The molecule has 120 valence electrons. The molecule has 1 fully saturated rings. The molecule has 0 aromatic carbocycles. The molecule has 2 heterocycles. The van der Waals surface area contributed by atoms with Gasteiger partial charge in [-0.2, -0.15) is 0 Å². The highest BCUT2D eigenvalue weighted by Crippen LogP contribution is 2.19. The zero-order valence-electron chi connectivity index (χ0n) is 13.6. The summed E-state index contributed by atoms with van der Waals surface area (Å²) in [7, 11) is 1.80. The van der Waals surface area contributed by atoms with Gasteiger partial charge in [0.05, 0.1) is 12.3 Å². The molecule has 0 amide bonds. The monoisotopic (exact) mass is 311 g/mol. The summed E-state index contributed by atoms with van der Waals surface area (Å²) in [5.74, 6) is 1.38. The van der Waals surface area contributed by atoms with E-state index in [1.807, 2.05) is 0 Å². The quantitative estimate of drug-likeness (QED) is 0.801. The minimum absolute atomic E-state index is 0.689. The van der Waals surface area contributed by atoms with Crippen LogP contribution in [0.4, 0.5) is 0 Å². The number of nitrogens with one attached hydrogen (secondary N) is 1. The number of aromatic nitrogens is 1. The molecule has 0 radical (unpaired) electrons. The Labute approximate surface area is 132 Å². The lowest BCUT2D eigenvalue weighted by molar-refractivity contribution is 0.0868. The second-order valence-electron chi connectivity index (χ2n) is 6.46. The van der Waals surface area contributed by atoms with E-state index in [4.69, 9.17) is 9.72 Å². The third-order valence-corrected chi connectivity index (χ3v) is 4.72. The average molecular weight is 311 g/mol. The molecule has 5 heteroatoms. The molecule has 1 aromatic heterocycles. The summed E-state index contributed by atoms with van der Waals surface area (Å²) in [5, 5.41) is 6.88. The van der Waals surface area contributed by atoms with Crippen molar-refractivity contribution in [3.05, 3.63) is 16.1 Å². The number of nitrogens with zero attached hydrogens (tertiary/aromatic N) is 2. The van der Waals surface area contributed by atoms with E-state index in [2.05, 4.69) is 29.4 Å². The SMILES string of the molecule is COCC1CCCN(Cc2csc(CNCC(C)C)n2)C1. The lowest BCUT2D eigenvalue weighted by Gasteiger charge is -2.31. The van der Waals surface area contributed by atoms with E-state index in [-0.39, 0.29) is 0 Å². The van der Waals surface area contributed by atoms with Crippen molar-refractivity contribution in [2.45, 2.75) is 39.8 Å². The summed E-state index contributed by atoms with van der Waals surface area (Å²) >= 11 is 1.78. The Hall–Kier alpha value is -0.490. The molecule has 2 rings (SSSR count). The molecular weight excluding hydrogens is 282 g/mol. The molecule has 1 aromatic rings. The number of likely N-dealkylation sites (tertiary alicyclic amines) is 1. The molecule has 1 saturated heterocycles. The van der Waals surface area contributed by atoms with Crippen LogP contribution in [-0.2, 0) is 17.8 Å². The summed E-state index contributed by atoms with van der Waals surface area (Å²) in [6.45, 7) is 10.6. The van der Waals surface area contributed by atoms with E-state index in [0.29, 0.717) is 11.8 Å². The van der Waals surface area contributed by atoms with Crippen LogP contribution < -0.4 is 5.32 Å². The van der Waals surface area contributed by atoms with Gasteiger partial charge in [-0.1, -0.05) is 13.8 Å². The van der Waals surface area contributed by atoms with Crippen molar-refractivity contribution in [1.29, 1.82) is 0 Å². The van der Waals surface area contributed by atoms with Crippen LogP contribution in [0.5, 0.6) is 0 Å². The molecule has 0 aliphatic carbocycles. The highest BCUT2D eigenvalue weighted by atomic mass is 32.1. The number of rotatable bonds is 8. The zero-order valence-corrected chi connectivity index (χ0v) is 14.4. The lowest BCUT2D eigenvalue weighted by atomic mass is 9.99. The standard InChI is InChI=1S/C16H29N3OS/c1-13(2)7-17-8-16-18-15(12-21-16)10-19-6-4-5-14(9-19)11-20-3/h12-14,17H,4-11H2,1-3H3. The van der Waals surface area contributed by atoms with Crippen LogP contribution in [0, 0.1) is 11.8 Å². The lowest BCUT2D eigenvalue weighted by Crippen LogP contribution is -2.36. The van der Waals surface area contributed by atoms with E-state index in [0.717, 1.165) is 32.8 Å². The van der Waals surface area contributed by atoms with E-state index < -0.39 is 0 Å². The van der Waals surface area contributed by atoms with Gasteiger partial charge in [0.15, 0.2) is 0 Å². The van der Waals surface area contributed by atoms with E-state index in [9.17, 15) is 0 Å². The van der Waals surface area contributed by atoms with Crippen LogP contribution in [0.15, 0.2) is 5.38 Å². The average Bonchev–Trinajstić information content (AvgIpc) is 2.87. The maximum Gasteiger partial charge on any atom is 0.107 e. The predicted octanol–water partition coefficient (Wildman–Crippen LogP) is 2.75. The summed E-state index contributed by atoms with van der Waals surface area (Å²) in [6.07, 6.45) is 2.58. The highest BCUT2D eigenvalue weighted by molar-refractivity contribution is 7.09. The molecular formula is C16H29N3OS. The van der Waals surface area contributed by atoms with Gasteiger partial charge in [0.1, 0.15) is 5.01 Å². The number of hydrogen-bond acceptors (Lipinski definition) is 5. The molecule has 1 unspecified atom stereocenters. The number of methoxy groups -OCH3 is 1. The number of hydrogen-bond donors (Lipinski definition) is 1. The van der Waals surface area contributed by atoms with Gasteiger partial charge in [0, 0.05) is 32.1 Å². The van der Waals surface area contributed by atoms with Crippen molar-refractivity contribution in [1.82, 2.24) is 15.2 Å². The van der Waals surface area contributed by atoms with Gasteiger partial charge in [-0.3, -0.25) is 4.90 Å². The summed E-state index contributed by atoms with van der Waals surface area (Å²) in [5.41, 5.74) is 1.22. The molecule has 4 nitrogen and oxygen atoms in total. The molecule has 1 atom stereocenters. The molecule has 1 aliphatic rings. The largest absolute Gasteiger partial charge is 0.384 e. The van der Waals surface area contributed by atoms with E-state index in [1.54, 1.807) is 18.4 Å². The topological polar surface area (TPSA) is 37.4 Å². The molecule has 0 saturated carbocycles. The minimum atomic E-state index is 0.689. The van der Waals surface area contributed by atoms with Gasteiger partial charge in [0.25, 0.3) is 0 Å². The van der Waals surface area contributed by atoms with Crippen LogP contribution in [0.2, 0.25) is 0 Å². The fraction of sp³-hybridized carbons (Fsp3) is 0.812. The Morgan fingerprint density at radius 1 is 1.52 bits per heavy atom. The van der Waals surface area contributed by atoms with Crippen LogP contribution >= 0.6 is 11.3 Å². The molecule has 1 N–H and O–H groups in total. The zero-order chi connectivity index (χ0) is 15.1. The third-order valence-electron chi connectivity index (χ3n) is 3.82. The second kappa shape index (κ2) is 8.83. The Kier molecular flexibility index (Phi) is 7.10. The summed E-state index contributed by atoms with van der Waals surface area (Å²) in [6, 6.07) is 0. The molecule has 0 bridgehead atoms. The van der Waals surface area contributed by atoms with Crippen molar-refractivity contribution < 1.29 is 4.74 Å². The fourth-order valence-corrected chi connectivity index (χ4v) is 3.62. The number of thiazole rings is 1. The molecule has 21 heavy (non-hydrogen) atoms. The number of ether oxygens (including phenoxy) is 1. The van der Waals surface area contributed by atoms with Crippen LogP contribution in [0.3, 0.4) is 0 Å². The third kappa shape index (κ3) is 6.02. The first-order valence-corrected chi connectivity index (χ1v) is 8.90. The van der Waals surface area contributed by atoms with Gasteiger partial charge < -0.3 is 10.1 Å². The van der Waals surface area contributed by atoms with Gasteiger partial charge in [-0.15, -0.1) is 11.3 Å². The minimum Gasteiger partial charge on any atom is -0.384 e. The first-order valence-electron chi connectivity index (χ1n) is 8.02. The van der Waals surface area contributed by atoms with Crippen molar-refractivity contribution >= 4 is 11.3 Å². The van der Waals surface area contributed by atoms with Crippen molar-refractivity contribution in [3.63, 3.8) is 0 Å². The van der Waals surface area contributed by atoms with Crippen LogP contribution in [0.25, 0.3) is 0 Å². The smallest absolute Gasteiger partial charge is 0.107 e. The van der Waals surface area contributed by atoms with Gasteiger partial charge in [-0.25, -0.2) is 4.98 Å². The Morgan fingerprint density at radius 3 is 3.14 bits per heavy atom. The van der Waals surface area contributed by atoms with E-state index in [1.165, 1.54) is 30.1 Å². The predicted molar refractivity (Wildman–Crippen MR) is 88.5 cm³/mol. The summed E-state index contributed by atoms with van der Waals surface area (Å²) in [4.78, 5) is 7.28. The molecule has 0 spiro atoms. The maximum atomic E-state index is 5.30. The Balaban J connectivity index is 1.76. The van der Waals surface area contributed by atoms with Crippen LogP contribution in [-0.4, -0.2) is 43.2 Å². The number of piperidine rings is 1. The normalized spacial score (nSPS) is 20.3. The van der Waals surface area contributed by atoms with Crippen molar-refractivity contribution in [2.24, 2.45) is 11.8 Å². The van der Waals surface area contributed by atoms with Crippen molar-refractivity contribution in [3.8, 4) is 0 Å². The first kappa shape index (κ1) is 16.9. The van der Waals surface area contributed by atoms with E-state index >= 15 is 0 Å².